The molecule has 0 aliphatic rings. The highest BCUT2D eigenvalue weighted by atomic mass is 31.1. The molecule has 0 atom stereocenters. The Labute approximate surface area is 174 Å². The van der Waals surface area contributed by atoms with Crippen molar-refractivity contribution in [3.05, 3.63) is 64.7 Å². The second kappa shape index (κ2) is 8.27. The molecule has 2 aromatic carbocycles. The van der Waals surface area contributed by atoms with Crippen molar-refractivity contribution in [3.8, 4) is 11.8 Å². The third kappa shape index (κ3) is 5.83. The summed E-state index contributed by atoms with van der Waals surface area (Å²) >= 11 is 0. The van der Waals surface area contributed by atoms with Crippen molar-refractivity contribution in [3.63, 3.8) is 0 Å². The molecule has 28 heavy (non-hydrogen) atoms. The molecule has 0 N–H and O–H groups in total. The van der Waals surface area contributed by atoms with Crippen molar-refractivity contribution in [1.29, 1.82) is 0 Å². The SMILES string of the molecule is CC(C)(C)c1cc(C(C)(C)C)c(P=CC#Cc2ccccc2)c(C(C)(C)C)c1. The van der Waals surface area contributed by atoms with Gasteiger partial charge in [-0.25, -0.2) is 0 Å². The molecule has 0 aromatic heterocycles. The number of hydrogen-bond donors (Lipinski definition) is 0. The van der Waals surface area contributed by atoms with Crippen LogP contribution in [0.4, 0.5) is 0 Å². The summed E-state index contributed by atoms with van der Waals surface area (Å²) in [6, 6.07) is 15.0. The van der Waals surface area contributed by atoms with E-state index in [1.54, 1.807) is 0 Å². The number of rotatable bonds is 1. The Bertz CT molecular complexity index is 864. The lowest BCUT2D eigenvalue weighted by Gasteiger charge is -2.32. The van der Waals surface area contributed by atoms with Gasteiger partial charge < -0.3 is 0 Å². The summed E-state index contributed by atoms with van der Waals surface area (Å²) in [7, 11) is 1.17. The summed E-state index contributed by atoms with van der Waals surface area (Å²) < 4.78 is 0. The van der Waals surface area contributed by atoms with Gasteiger partial charge in [-0.15, -0.1) is 0 Å². The van der Waals surface area contributed by atoms with Gasteiger partial charge in [-0.1, -0.05) is 113 Å². The highest BCUT2D eigenvalue weighted by Crippen LogP contribution is 2.35. The van der Waals surface area contributed by atoms with E-state index in [1.807, 2.05) is 18.2 Å². The van der Waals surface area contributed by atoms with Crippen LogP contribution in [0.1, 0.15) is 84.6 Å². The molecule has 0 saturated carbocycles. The Morgan fingerprint density at radius 1 is 0.714 bits per heavy atom. The summed E-state index contributed by atoms with van der Waals surface area (Å²) in [6.07, 6.45) is 0. The Kier molecular flexibility index (Phi) is 6.63. The number of hydrogen-bond acceptors (Lipinski definition) is 0. The van der Waals surface area contributed by atoms with Crippen LogP contribution in [0.5, 0.6) is 0 Å². The van der Waals surface area contributed by atoms with Gasteiger partial charge in [0, 0.05) is 16.7 Å². The molecular formula is C27H35P. The standard InChI is InChI=1S/C27H35P/c1-25(2,3)21-18-22(26(4,5)6)24(23(19-21)27(7,8)9)28-17-13-16-20-14-11-10-12-15-20/h10-12,14-15,17-19H,1-9H3. The van der Waals surface area contributed by atoms with Gasteiger partial charge in [-0.3, -0.25) is 0 Å². The zero-order valence-corrected chi connectivity index (χ0v) is 20.0. The minimum absolute atomic E-state index is 0.0876. The van der Waals surface area contributed by atoms with Gasteiger partial charge in [-0.2, -0.15) is 0 Å². The van der Waals surface area contributed by atoms with E-state index in [2.05, 4.69) is 104 Å². The maximum Gasteiger partial charge on any atom is 0.0248 e. The maximum atomic E-state index is 3.27. The molecule has 0 radical (unpaired) electrons. The summed E-state index contributed by atoms with van der Waals surface area (Å²) in [6.45, 7) is 20.8. The van der Waals surface area contributed by atoms with Crippen LogP contribution < -0.4 is 5.30 Å². The normalized spacial score (nSPS) is 12.8. The molecule has 148 valence electrons. The topological polar surface area (TPSA) is 0 Å². The quantitative estimate of drug-likeness (QED) is 0.363. The summed E-state index contributed by atoms with van der Waals surface area (Å²) in [4.78, 5) is 0. The molecule has 2 aromatic rings. The molecule has 0 unspecified atom stereocenters. The first-order valence-electron chi connectivity index (χ1n) is 10.1. The fourth-order valence-corrected chi connectivity index (χ4v) is 4.42. The Morgan fingerprint density at radius 3 is 1.64 bits per heavy atom. The van der Waals surface area contributed by atoms with Gasteiger partial charge >= 0.3 is 0 Å². The first-order chi connectivity index (χ1) is 12.8. The van der Waals surface area contributed by atoms with Gasteiger partial charge in [0.15, 0.2) is 0 Å². The van der Waals surface area contributed by atoms with Gasteiger partial charge in [0.2, 0.25) is 0 Å². The van der Waals surface area contributed by atoms with E-state index in [0.29, 0.717) is 0 Å². The second-order valence-electron chi connectivity index (χ2n) is 10.6. The van der Waals surface area contributed by atoms with E-state index in [-0.39, 0.29) is 16.2 Å². The van der Waals surface area contributed by atoms with Gasteiger partial charge in [-0.05, 0) is 45.1 Å². The van der Waals surface area contributed by atoms with E-state index < -0.39 is 0 Å². The number of benzene rings is 2. The lowest BCUT2D eigenvalue weighted by Crippen LogP contribution is -2.29. The average Bonchev–Trinajstić information content (AvgIpc) is 2.56. The fraction of sp³-hybridized carbons (Fsp3) is 0.444. The second-order valence-corrected chi connectivity index (χ2v) is 11.5. The summed E-state index contributed by atoms with van der Waals surface area (Å²) in [5.41, 5.74) is 5.65. The van der Waals surface area contributed by atoms with Crippen LogP contribution in [0.25, 0.3) is 0 Å². The minimum atomic E-state index is 0.0876. The van der Waals surface area contributed by atoms with Crippen LogP contribution >= 0.6 is 8.20 Å². The fourth-order valence-electron chi connectivity index (χ4n) is 3.08. The molecule has 2 rings (SSSR count). The van der Waals surface area contributed by atoms with Crippen molar-refractivity contribution < 1.29 is 0 Å². The molecule has 0 amide bonds. The Morgan fingerprint density at radius 2 is 1.21 bits per heavy atom. The van der Waals surface area contributed by atoms with Crippen LogP contribution in [0.2, 0.25) is 0 Å². The van der Waals surface area contributed by atoms with Crippen molar-refractivity contribution in [2.24, 2.45) is 0 Å². The van der Waals surface area contributed by atoms with Crippen molar-refractivity contribution >= 4 is 19.3 Å². The zero-order chi connectivity index (χ0) is 21.2. The molecule has 0 aliphatic heterocycles. The van der Waals surface area contributed by atoms with Gasteiger partial charge in [0.05, 0.1) is 0 Å². The third-order valence-corrected chi connectivity index (χ3v) is 5.84. The van der Waals surface area contributed by atoms with Crippen LogP contribution in [0, 0.1) is 11.8 Å². The Hall–Kier alpha value is -1.83. The van der Waals surface area contributed by atoms with Crippen molar-refractivity contribution in [2.75, 3.05) is 0 Å². The molecular weight excluding hydrogens is 355 g/mol. The smallest absolute Gasteiger partial charge is 0.0248 e. The van der Waals surface area contributed by atoms with Crippen LogP contribution in [-0.4, -0.2) is 5.80 Å². The van der Waals surface area contributed by atoms with Crippen LogP contribution in [0.15, 0.2) is 42.5 Å². The lowest BCUT2D eigenvalue weighted by atomic mass is 9.75. The van der Waals surface area contributed by atoms with Gasteiger partial charge in [0.1, 0.15) is 0 Å². The van der Waals surface area contributed by atoms with E-state index in [0.717, 1.165) is 5.56 Å². The molecule has 0 fully saturated rings. The molecule has 0 nitrogen and oxygen atoms in total. The van der Waals surface area contributed by atoms with Gasteiger partial charge in [0.25, 0.3) is 0 Å². The van der Waals surface area contributed by atoms with E-state index in [1.165, 1.54) is 30.2 Å². The first-order valence-corrected chi connectivity index (χ1v) is 11.0. The van der Waals surface area contributed by atoms with E-state index in [9.17, 15) is 0 Å². The molecule has 0 saturated heterocycles. The van der Waals surface area contributed by atoms with Crippen LogP contribution in [0.3, 0.4) is 0 Å². The highest BCUT2D eigenvalue weighted by Gasteiger charge is 2.28. The molecule has 0 heterocycles. The molecule has 0 aliphatic carbocycles. The lowest BCUT2D eigenvalue weighted by molar-refractivity contribution is 0.554. The maximum absolute atomic E-state index is 3.27. The van der Waals surface area contributed by atoms with Crippen molar-refractivity contribution in [2.45, 2.75) is 78.6 Å². The molecule has 1 heteroatoms. The summed E-state index contributed by atoms with van der Waals surface area (Å²) in [5, 5.41) is 1.41. The van der Waals surface area contributed by atoms with E-state index in [4.69, 9.17) is 0 Å². The molecule has 0 spiro atoms. The largest absolute Gasteiger partial charge is 0.0646 e. The predicted molar refractivity (Wildman–Crippen MR) is 128 cm³/mol. The Balaban J connectivity index is 2.64. The first kappa shape index (κ1) is 22.5. The van der Waals surface area contributed by atoms with Crippen molar-refractivity contribution in [1.82, 2.24) is 0 Å². The predicted octanol–water partition coefficient (Wildman–Crippen LogP) is 7.00. The average molecular weight is 391 g/mol. The third-order valence-electron chi connectivity index (χ3n) is 4.84. The highest BCUT2D eigenvalue weighted by molar-refractivity contribution is 7.48. The summed E-state index contributed by atoms with van der Waals surface area (Å²) in [5.74, 6) is 8.62. The van der Waals surface area contributed by atoms with Crippen LogP contribution in [-0.2, 0) is 16.2 Å². The zero-order valence-electron chi connectivity index (χ0n) is 19.1. The molecule has 0 bridgehead atoms. The van der Waals surface area contributed by atoms with E-state index >= 15 is 0 Å². The minimum Gasteiger partial charge on any atom is -0.0646 e. The monoisotopic (exact) mass is 390 g/mol.